The first-order valence-electron chi connectivity index (χ1n) is 6.35. The molecule has 8 heteroatoms. The van der Waals surface area contributed by atoms with Crippen molar-refractivity contribution in [2.24, 2.45) is 5.41 Å². The number of halogens is 3. The van der Waals surface area contributed by atoms with Gasteiger partial charge < -0.3 is 14.9 Å². The molecule has 116 valence electrons. The van der Waals surface area contributed by atoms with Crippen LogP contribution in [0.1, 0.15) is 26.2 Å². The van der Waals surface area contributed by atoms with Gasteiger partial charge in [0.15, 0.2) is 0 Å². The van der Waals surface area contributed by atoms with Crippen LogP contribution in [-0.4, -0.2) is 59.8 Å². The molecule has 5 nitrogen and oxygen atoms in total. The summed E-state index contributed by atoms with van der Waals surface area (Å²) in [4.78, 5) is 25.4. The number of hydrogen-bond acceptors (Lipinski definition) is 2. The number of alkyl halides is 3. The highest BCUT2D eigenvalue weighted by atomic mass is 19.4. The van der Waals surface area contributed by atoms with E-state index in [4.69, 9.17) is 5.11 Å². The molecule has 1 aliphatic heterocycles. The number of nitrogens with zero attached hydrogens (tertiary/aromatic N) is 2. The third kappa shape index (κ3) is 4.28. The predicted molar refractivity (Wildman–Crippen MR) is 65.2 cm³/mol. The smallest absolute Gasteiger partial charge is 0.390 e. The Bertz CT molecular complexity index is 377. The summed E-state index contributed by atoms with van der Waals surface area (Å²) in [6.45, 7) is 1.72. The number of carbonyl (C=O) groups excluding carboxylic acids is 1. The fourth-order valence-electron chi connectivity index (χ4n) is 2.04. The van der Waals surface area contributed by atoms with Crippen LogP contribution in [0.3, 0.4) is 0 Å². The third-order valence-electron chi connectivity index (χ3n) is 3.71. The van der Waals surface area contributed by atoms with E-state index in [-0.39, 0.29) is 13.1 Å². The molecule has 2 amide bonds. The highest BCUT2D eigenvalue weighted by Crippen LogP contribution is 2.31. The topological polar surface area (TPSA) is 60.9 Å². The van der Waals surface area contributed by atoms with Crippen molar-refractivity contribution in [3.8, 4) is 0 Å². The van der Waals surface area contributed by atoms with Crippen molar-refractivity contribution in [2.75, 3.05) is 26.7 Å². The number of urea groups is 1. The minimum Gasteiger partial charge on any atom is -0.481 e. The van der Waals surface area contributed by atoms with E-state index >= 15 is 0 Å². The fourth-order valence-corrected chi connectivity index (χ4v) is 2.04. The second kappa shape index (κ2) is 5.88. The van der Waals surface area contributed by atoms with Crippen molar-refractivity contribution in [1.82, 2.24) is 9.80 Å². The van der Waals surface area contributed by atoms with Crippen LogP contribution in [0.15, 0.2) is 0 Å². The van der Waals surface area contributed by atoms with E-state index in [1.54, 1.807) is 6.92 Å². The minimum absolute atomic E-state index is 0.248. The molecule has 0 unspecified atom stereocenters. The van der Waals surface area contributed by atoms with Crippen LogP contribution in [0.5, 0.6) is 0 Å². The molecular weight excluding hydrogens is 277 g/mol. The highest BCUT2D eigenvalue weighted by molar-refractivity contribution is 5.76. The van der Waals surface area contributed by atoms with E-state index in [0.29, 0.717) is 12.8 Å². The van der Waals surface area contributed by atoms with E-state index in [0.717, 1.165) is 4.90 Å². The number of carboxylic acids is 1. The van der Waals surface area contributed by atoms with Crippen molar-refractivity contribution in [1.29, 1.82) is 0 Å². The quantitative estimate of drug-likeness (QED) is 0.868. The number of amides is 2. The molecule has 0 spiro atoms. The molecule has 1 rings (SSSR count). The van der Waals surface area contributed by atoms with E-state index in [1.165, 1.54) is 11.9 Å². The fraction of sp³-hybridized carbons (Fsp3) is 0.833. The first kappa shape index (κ1) is 16.6. The number of piperidine rings is 1. The molecule has 20 heavy (non-hydrogen) atoms. The van der Waals surface area contributed by atoms with E-state index in [9.17, 15) is 22.8 Å². The van der Waals surface area contributed by atoms with E-state index in [2.05, 4.69) is 0 Å². The third-order valence-corrected chi connectivity index (χ3v) is 3.71. The second-order valence-electron chi connectivity index (χ2n) is 5.42. The molecule has 0 radical (unpaired) electrons. The van der Waals surface area contributed by atoms with Gasteiger partial charge >= 0.3 is 18.2 Å². The normalized spacial score (nSPS) is 18.8. The summed E-state index contributed by atoms with van der Waals surface area (Å²) in [5.41, 5.74) is -0.860. The lowest BCUT2D eigenvalue weighted by molar-refractivity contribution is -0.150. The Balaban J connectivity index is 2.48. The summed E-state index contributed by atoms with van der Waals surface area (Å²) in [6, 6.07) is -0.485. The van der Waals surface area contributed by atoms with E-state index in [1.807, 2.05) is 0 Å². The summed E-state index contributed by atoms with van der Waals surface area (Å²) in [6.07, 6.45) is -4.73. The Morgan fingerprint density at radius 1 is 1.30 bits per heavy atom. The number of hydrogen-bond donors (Lipinski definition) is 1. The number of rotatable bonds is 3. The standard InChI is InChI=1S/C12H19F3N2O3/c1-11(9(18)19)3-7-17(8-4-11)10(20)16(2)6-5-12(13,14)15/h3-8H2,1-2H3,(H,18,19). The first-order valence-corrected chi connectivity index (χ1v) is 6.35. The Morgan fingerprint density at radius 3 is 2.20 bits per heavy atom. The molecule has 0 aliphatic carbocycles. The zero-order valence-electron chi connectivity index (χ0n) is 11.5. The largest absolute Gasteiger partial charge is 0.481 e. The predicted octanol–water partition coefficient (Wildman–Crippen LogP) is 2.18. The van der Waals surface area contributed by atoms with Crippen LogP contribution in [0.25, 0.3) is 0 Å². The van der Waals surface area contributed by atoms with Gasteiger partial charge in [0.25, 0.3) is 0 Å². The zero-order valence-corrected chi connectivity index (χ0v) is 11.5. The molecule has 1 heterocycles. The summed E-state index contributed by atoms with van der Waals surface area (Å²) < 4.78 is 36.3. The number of carboxylic acid groups (broad SMARTS) is 1. The van der Waals surface area contributed by atoms with Gasteiger partial charge in [-0.1, -0.05) is 0 Å². The molecule has 0 aromatic rings. The van der Waals surface area contributed by atoms with Crippen LogP contribution in [-0.2, 0) is 4.79 Å². The van der Waals surface area contributed by atoms with Gasteiger partial charge in [0.1, 0.15) is 0 Å². The van der Waals surface area contributed by atoms with Gasteiger partial charge in [-0.05, 0) is 19.8 Å². The van der Waals surface area contributed by atoms with Crippen molar-refractivity contribution >= 4 is 12.0 Å². The monoisotopic (exact) mass is 296 g/mol. The lowest BCUT2D eigenvalue weighted by Crippen LogP contribution is -2.49. The molecule has 1 saturated heterocycles. The van der Waals surface area contributed by atoms with Crippen molar-refractivity contribution in [3.63, 3.8) is 0 Å². The number of likely N-dealkylation sites (tertiary alicyclic amines) is 1. The first-order chi connectivity index (χ1) is 9.05. The van der Waals surface area contributed by atoms with Gasteiger partial charge in [0.05, 0.1) is 11.8 Å². The molecule has 0 atom stereocenters. The number of carbonyl (C=O) groups is 2. The van der Waals surface area contributed by atoms with Crippen LogP contribution in [0, 0.1) is 5.41 Å². The number of aliphatic carboxylic acids is 1. The van der Waals surface area contributed by atoms with Gasteiger partial charge in [0.2, 0.25) is 0 Å². The maximum absolute atomic E-state index is 12.1. The van der Waals surface area contributed by atoms with Crippen LogP contribution < -0.4 is 0 Å². The molecule has 0 saturated carbocycles. The van der Waals surface area contributed by atoms with E-state index < -0.39 is 36.6 Å². The second-order valence-corrected chi connectivity index (χ2v) is 5.42. The van der Waals surface area contributed by atoms with Gasteiger partial charge in [-0.15, -0.1) is 0 Å². The van der Waals surface area contributed by atoms with Crippen LogP contribution in [0.4, 0.5) is 18.0 Å². The van der Waals surface area contributed by atoms with Gasteiger partial charge in [-0.25, -0.2) is 4.79 Å². The minimum atomic E-state index is -4.29. The van der Waals surface area contributed by atoms with Gasteiger partial charge in [-0.2, -0.15) is 13.2 Å². The Morgan fingerprint density at radius 2 is 1.80 bits per heavy atom. The summed E-state index contributed by atoms with van der Waals surface area (Å²) >= 11 is 0. The van der Waals surface area contributed by atoms with Crippen LogP contribution in [0.2, 0.25) is 0 Å². The van der Waals surface area contributed by atoms with Crippen molar-refractivity contribution in [3.05, 3.63) is 0 Å². The lowest BCUT2D eigenvalue weighted by Gasteiger charge is -2.38. The van der Waals surface area contributed by atoms with Gasteiger partial charge in [0, 0.05) is 26.7 Å². The average Bonchev–Trinajstić information content (AvgIpc) is 2.35. The summed E-state index contributed by atoms with van der Waals surface area (Å²) in [5, 5.41) is 9.07. The summed E-state index contributed by atoms with van der Waals surface area (Å²) in [5.74, 6) is -0.907. The lowest BCUT2D eigenvalue weighted by atomic mass is 9.80. The molecule has 1 fully saturated rings. The Kier molecular flexibility index (Phi) is 4.88. The zero-order chi connectivity index (χ0) is 15.6. The Labute approximate surface area is 115 Å². The Hall–Kier alpha value is -1.47. The van der Waals surface area contributed by atoms with Crippen molar-refractivity contribution in [2.45, 2.75) is 32.4 Å². The molecule has 0 bridgehead atoms. The van der Waals surface area contributed by atoms with Crippen molar-refractivity contribution < 1.29 is 27.9 Å². The molecule has 0 aromatic carbocycles. The van der Waals surface area contributed by atoms with Crippen LogP contribution >= 0.6 is 0 Å². The molecule has 1 N–H and O–H groups in total. The molecule has 0 aromatic heterocycles. The highest BCUT2D eigenvalue weighted by Gasteiger charge is 2.38. The maximum atomic E-state index is 12.1. The SMILES string of the molecule is CN(CCC(F)(F)F)C(=O)N1CCC(C)(C(=O)O)CC1. The van der Waals surface area contributed by atoms with Gasteiger partial charge in [-0.3, -0.25) is 4.79 Å². The molecular formula is C12H19F3N2O3. The molecule has 1 aliphatic rings. The average molecular weight is 296 g/mol. The maximum Gasteiger partial charge on any atom is 0.390 e. The summed E-state index contributed by atoms with van der Waals surface area (Å²) in [7, 11) is 1.32.